The minimum Gasteiger partial charge on any atom is -0.494 e. The number of ether oxygens (including phenoxy) is 1. The lowest BCUT2D eigenvalue weighted by molar-refractivity contribution is 0.0576. The first-order chi connectivity index (χ1) is 10.0. The second-order valence-electron chi connectivity index (χ2n) is 5.45. The van der Waals surface area contributed by atoms with Crippen molar-refractivity contribution < 1.29 is 9.84 Å². The predicted octanol–water partition coefficient (Wildman–Crippen LogP) is 4.58. The van der Waals surface area contributed by atoms with Gasteiger partial charge in [0.2, 0.25) is 0 Å². The minimum absolute atomic E-state index is 0.541. The van der Waals surface area contributed by atoms with Crippen LogP contribution < -0.4 is 4.74 Å². The fourth-order valence-electron chi connectivity index (χ4n) is 2.23. The fourth-order valence-corrected chi connectivity index (χ4v) is 2.36. The maximum Gasteiger partial charge on any atom is 0.119 e. The molecule has 2 nitrogen and oxygen atoms in total. The van der Waals surface area contributed by atoms with Gasteiger partial charge in [0.15, 0.2) is 0 Å². The topological polar surface area (TPSA) is 29.5 Å². The zero-order chi connectivity index (χ0) is 15.3. The summed E-state index contributed by atoms with van der Waals surface area (Å²) in [5.41, 5.74) is 1.01. The van der Waals surface area contributed by atoms with Gasteiger partial charge in [-0.3, -0.25) is 0 Å². The van der Waals surface area contributed by atoms with Gasteiger partial charge in [-0.1, -0.05) is 42.8 Å². The first-order valence-corrected chi connectivity index (χ1v) is 7.59. The molecule has 0 saturated heterocycles. The van der Waals surface area contributed by atoms with Crippen LogP contribution in [-0.2, 0) is 12.0 Å². The van der Waals surface area contributed by atoms with E-state index in [0.717, 1.165) is 23.3 Å². The summed E-state index contributed by atoms with van der Waals surface area (Å²) >= 11 is 5.88. The van der Waals surface area contributed by atoms with Crippen molar-refractivity contribution >= 4 is 11.6 Å². The van der Waals surface area contributed by atoms with Crippen LogP contribution in [0.1, 0.15) is 31.4 Å². The Bertz CT molecular complexity index is 559. The first kappa shape index (κ1) is 15.9. The molecule has 2 rings (SSSR count). The molecule has 1 atom stereocenters. The quantitative estimate of drug-likeness (QED) is 0.846. The highest BCUT2D eigenvalue weighted by Crippen LogP contribution is 2.27. The Labute approximate surface area is 131 Å². The molecule has 0 aliphatic heterocycles. The Hall–Kier alpha value is -1.51. The molecular weight excluding hydrogens is 284 g/mol. The normalized spacial score (nSPS) is 13.7. The van der Waals surface area contributed by atoms with Crippen molar-refractivity contribution in [3.8, 4) is 5.75 Å². The van der Waals surface area contributed by atoms with E-state index in [4.69, 9.17) is 16.3 Å². The van der Waals surface area contributed by atoms with E-state index in [9.17, 15) is 5.11 Å². The number of hydrogen-bond acceptors (Lipinski definition) is 2. The SMILES string of the molecule is CCCOc1ccc(C(C)(O)Cc2ccc(Cl)cc2)cc1. The van der Waals surface area contributed by atoms with Crippen molar-refractivity contribution in [1.29, 1.82) is 0 Å². The van der Waals surface area contributed by atoms with Crippen molar-refractivity contribution in [2.45, 2.75) is 32.3 Å². The summed E-state index contributed by atoms with van der Waals surface area (Å²) in [6.45, 7) is 4.61. The summed E-state index contributed by atoms with van der Waals surface area (Å²) in [4.78, 5) is 0. The van der Waals surface area contributed by atoms with Gasteiger partial charge in [-0.2, -0.15) is 0 Å². The van der Waals surface area contributed by atoms with Crippen LogP contribution in [0, 0.1) is 0 Å². The second kappa shape index (κ2) is 6.97. The zero-order valence-electron chi connectivity index (χ0n) is 12.5. The van der Waals surface area contributed by atoms with Crippen molar-refractivity contribution in [2.75, 3.05) is 6.61 Å². The lowest BCUT2D eigenvalue weighted by Gasteiger charge is -2.24. The van der Waals surface area contributed by atoms with Crippen molar-refractivity contribution in [1.82, 2.24) is 0 Å². The van der Waals surface area contributed by atoms with E-state index in [-0.39, 0.29) is 0 Å². The summed E-state index contributed by atoms with van der Waals surface area (Å²) in [5, 5.41) is 11.4. The summed E-state index contributed by atoms with van der Waals surface area (Å²) in [7, 11) is 0. The Morgan fingerprint density at radius 3 is 2.24 bits per heavy atom. The average Bonchev–Trinajstić information content (AvgIpc) is 2.48. The molecule has 1 unspecified atom stereocenters. The molecule has 2 aromatic carbocycles. The van der Waals surface area contributed by atoms with E-state index in [1.165, 1.54) is 0 Å². The summed E-state index contributed by atoms with van der Waals surface area (Å²) in [6.07, 6.45) is 1.52. The molecule has 0 aliphatic carbocycles. The Morgan fingerprint density at radius 2 is 1.67 bits per heavy atom. The second-order valence-corrected chi connectivity index (χ2v) is 5.89. The van der Waals surface area contributed by atoms with E-state index >= 15 is 0 Å². The van der Waals surface area contributed by atoms with E-state index in [0.29, 0.717) is 18.1 Å². The third kappa shape index (κ3) is 4.48. The highest BCUT2D eigenvalue weighted by molar-refractivity contribution is 6.30. The Kier molecular flexibility index (Phi) is 5.27. The van der Waals surface area contributed by atoms with Gasteiger partial charge >= 0.3 is 0 Å². The number of rotatable bonds is 6. The largest absolute Gasteiger partial charge is 0.494 e. The Morgan fingerprint density at radius 1 is 1.05 bits per heavy atom. The van der Waals surface area contributed by atoms with Gasteiger partial charge in [-0.25, -0.2) is 0 Å². The van der Waals surface area contributed by atoms with Crippen LogP contribution in [0.25, 0.3) is 0 Å². The van der Waals surface area contributed by atoms with E-state index < -0.39 is 5.60 Å². The number of hydrogen-bond donors (Lipinski definition) is 1. The number of halogens is 1. The molecule has 2 aromatic rings. The zero-order valence-corrected chi connectivity index (χ0v) is 13.2. The van der Waals surface area contributed by atoms with Gasteiger partial charge in [0, 0.05) is 11.4 Å². The van der Waals surface area contributed by atoms with Gasteiger partial charge in [-0.15, -0.1) is 0 Å². The van der Waals surface area contributed by atoms with E-state index in [2.05, 4.69) is 6.92 Å². The summed E-state index contributed by atoms with van der Waals surface area (Å²) in [6, 6.07) is 15.2. The molecule has 0 spiro atoms. The van der Waals surface area contributed by atoms with Gasteiger partial charge in [0.05, 0.1) is 12.2 Å². The molecule has 3 heteroatoms. The minimum atomic E-state index is -0.920. The highest BCUT2D eigenvalue weighted by Gasteiger charge is 2.23. The molecule has 0 fully saturated rings. The van der Waals surface area contributed by atoms with Gasteiger partial charge in [0.1, 0.15) is 5.75 Å². The molecule has 0 aromatic heterocycles. The van der Waals surface area contributed by atoms with Crippen LogP contribution in [0.3, 0.4) is 0 Å². The smallest absolute Gasteiger partial charge is 0.119 e. The number of aliphatic hydroxyl groups is 1. The van der Waals surface area contributed by atoms with E-state index in [1.807, 2.05) is 55.5 Å². The number of benzene rings is 2. The molecule has 1 N–H and O–H groups in total. The van der Waals surface area contributed by atoms with Crippen molar-refractivity contribution in [2.24, 2.45) is 0 Å². The van der Waals surface area contributed by atoms with Crippen LogP contribution in [0.2, 0.25) is 5.02 Å². The van der Waals surface area contributed by atoms with Gasteiger partial charge in [-0.05, 0) is 48.7 Å². The van der Waals surface area contributed by atoms with Crippen LogP contribution in [-0.4, -0.2) is 11.7 Å². The average molecular weight is 305 g/mol. The van der Waals surface area contributed by atoms with Gasteiger partial charge < -0.3 is 9.84 Å². The van der Waals surface area contributed by atoms with E-state index in [1.54, 1.807) is 0 Å². The monoisotopic (exact) mass is 304 g/mol. The molecule has 0 heterocycles. The molecule has 0 saturated carbocycles. The van der Waals surface area contributed by atoms with Crippen LogP contribution in [0.15, 0.2) is 48.5 Å². The molecular formula is C18H21ClO2. The van der Waals surface area contributed by atoms with Crippen LogP contribution >= 0.6 is 11.6 Å². The Balaban J connectivity index is 2.09. The predicted molar refractivity (Wildman–Crippen MR) is 87.0 cm³/mol. The standard InChI is InChI=1S/C18H21ClO2/c1-3-12-21-17-10-6-15(7-11-17)18(2,20)13-14-4-8-16(19)9-5-14/h4-11,20H,3,12-13H2,1-2H3. The van der Waals surface area contributed by atoms with Gasteiger partial charge in [0.25, 0.3) is 0 Å². The summed E-state index contributed by atoms with van der Waals surface area (Å²) < 4.78 is 5.56. The molecule has 0 radical (unpaired) electrons. The lowest BCUT2D eigenvalue weighted by atomic mass is 9.89. The first-order valence-electron chi connectivity index (χ1n) is 7.21. The molecule has 0 aliphatic rings. The fraction of sp³-hybridized carbons (Fsp3) is 0.333. The third-order valence-corrected chi connectivity index (χ3v) is 3.66. The highest BCUT2D eigenvalue weighted by atomic mass is 35.5. The lowest BCUT2D eigenvalue weighted by Crippen LogP contribution is -2.24. The van der Waals surface area contributed by atoms with Crippen LogP contribution in [0.5, 0.6) is 5.75 Å². The molecule has 0 bridgehead atoms. The maximum absolute atomic E-state index is 10.7. The summed E-state index contributed by atoms with van der Waals surface area (Å²) in [5.74, 6) is 0.836. The maximum atomic E-state index is 10.7. The van der Waals surface area contributed by atoms with Crippen molar-refractivity contribution in [3.63, 3.8) is 0 Å². The molecule has 112 valence electrons. The van der Waals surface area contributed by atoms with Crippen LogP contribution in [0.4, 0.5) is 0 Å². The molecule has 0 amide bonds. The molecule has 21 heavy (non-hydrogen) atoms. The third-order valence-electron chi connectivity index (χ3n) is 3.41. The van der Waals surface area contributed by atoms with Crippen molar-refractivity contribution in [3.05, 3.63) is 64.7 Å².